The van der Waals surface area contributed by atoms with Crippen molar-refractivity contribution in [3.63, 3.8) is 0 Å². The van der Waals surface area contributed by atoms with Crippen LogP contribution < -0.4 is 14.8 Å². The Bertz CT molecular complexity index is 750. The van der Waals surface area contributed by atoms with Gasteiger partial charge in [-0.2, -0.15) is 0 Å². The number of ether oxygens (including phenoxy) is 3. The zero-order chi connectivity index (χ0) is 18.4. The molecular weight excluding hydrogens is 332 g/mol. The first-order valence-corrected chi connectivity index (χ1v) is 8.68. The monoisotopic (exact) mass is 356 g/mol. The number of nitrogens with one attached hydrogen (secondary N) is 1. The summed E-state index contributed by atoms with van der Waals surface area (Å²) in [5.74, 6) is 2.11. The van der Waals surface area contributed by atoms with Crippen molar-refractivity contribution in [2.45, 2.75) is 12.5 Å². The van der Waals surface area contributed by atoms with E-state index in [0.29, 0.717) is 37.6 Å². The number of carbonyl (C=O) groups excluding carboxylic acids is 1. The Labute approximate surface area is 153 Å². The van der Waals surface area contributed by atoms with Gasteiger partial charge in [-0.05, 0) is 23.8 Å². The van der Waals surface area contributed by atoms with Gasteiger partial charge >= 0.3 is 6.03 Å². The summed E-state index contributed by atoms with van der Waals surface area (Å²) in [7, 11) is 3.26. The normalized spacial score (nSPS) is 16.8. The number of hydrogen-bond donors (Lipinski definition) is 1. The Hall–Kier alpha value is -2.73. The van der Waals surface area contributed by atoms with E-state index < -0.39 is 0 Å². The lowest BCUT2D eigenvalue weighted by Crippen LogP contribution is -2.49. The van der Waals surface area contributed by atoms with Crippen molar-refractivity contribution in [3.05, 3.63) is 54.1 Å². The zero-order valence-corrected chi connectivity index (χ0v) is 15.1. The number of rotatable bonds is 5. The van der Waals surface area contributed by atoms with Gasteiger partial charge in [-0.3, -0.25) is 0 Å². The second-order valence-corrected chi connectivity index (χ2v) is 6.06. The molecule has 2 aromatic rings. The average Bonchev–Trinajstić information content (AvgIpc) is 2.69. The van der Waals surface area contributed by atoms with Gasteiger partial charge in [0.1, 0.15) is 5.75 Å². The van der Waals surface area contributed by atoms with E-state index in [1.807, 2.05) is 48.5 Å². The SMILES string of the molecule is CNC(=O)N1CCOC(Cc2ccccc2Oc2ccccc2OC)C1. The molecule has 1 heterocycles. The molecule has 1 atom stereocenters. The number of para-hydroxylation sites is 3. The molecule has 0 bridgehead atoms. The number of hydrogen-bond acceptors (Lipinski definition) is 4. The molecule has 6 heteroatoms. The highest BCUT2D eigenvalue weighted by molar-refractivity contribution is 5.73. The van der Waals surface area contributed by atoms with Crippen LogP contribution in [0.3, 0.4) is 0 Å². The molecule has 0 radical (unpaired) electrons. The third kappa shape index (κ3) is 4.26. The van der Waals surface area contributed by atoms with Crippen LogP contribution in [0.5, 0.6) is 17.2 Å². The van der Waals surface area contributed by atoms with Gasteiger partial charge in [0.25, 0.3) is 0 Å². The summed E-state index contributed by atoms with van der Waals surface area (Å²) < 4.78 is 17.3. The van der Waals surface area contributed by atoms with E-state index in [4.69, 9.17) is 14.2 Å². The van der Waals surface area contributed by atoms with Crippen LogP contribution >= 0.6 is 0 Å². The summed E-state index contributed by atoms with van der Waals surface area (Å²) in [6.45, 7) is 1.70. The average molecular weight is 356 g/mol. The third-order valence-corrected chi connectivity index (χ3v) is 4.35. The molecule has 2 aromatic carbocycles. The van der Waals surface area contributed by atoms with E-state index in [0.717, 1.165) is 11.3 Å². The molecule has 138 valence electrons. The van der Waals surface area contributed by atoms with Crippen LogP contribution in [-0.4, -0.2) is 50.9 Å². The van der Waals surface area contributed by atoms with Crippen LogP contribution in [0.25, 0.3) is 0 Å². The number of urea groups is 1. The van der Waals surface area contributed by atoms with E-state index in [1.165, 1.54) is 0 Å². The Morgan fingerprint density at radius 3 is 2.58 bits per heavy atom. The zero-order valence-electron chi connectivity index (χ0n) is 15.1. The quantitative estimate of drug-likeness (QED) is 0.894. The van der Waals surface area contributed by atoms with E-state index >= 15 is 0 Å². The van der Waals surface area contributed by atoms with Crippen molar-refractivity contribution in [1.29, 1.82) is 0 Å². The molecule has 0 spiro atoms. The van der Waals surface area contributed by atoms with Gasteiger partial charge in [-0.15, -0.1) is 0 Å². The molecule has 0 aliphatic carbocycles. The maximum Gasteiger partial charge on any atom is 0.317 e. The Morgan fingerprint density at radius 2 is 1.85 bits per heavy atom. The largest absolute Gasteiger partial charge is 0.493 e. The Morgan fingerprint density at radius 1 is 1.15 bits per heavy atom. The van der Waals surface area contributed by atoms with Gasteiger partial charge in [0.15, 0.2) is 11.5 Å². The van der Waals surface area contributed by atoms with Crippen LogP contribution in [0.1, 0.15) is 5.56 Å². The van der Waals surface area contributed by atoms with Gasteiger partial charge in [-0.25, -0.2) is 4.79 Å². The first kappa shape index (κ1) is 18.1. The number of methoxy groups -OCH3 is 1. The fourth-order valence-electron chi connectivity index (χ4n) is 3.02. The Kier molecular flexibility index (Phi) is 5.96. The van der Waals surface area contributed by atoms with Gasteiger partial charge in [0.05, 0.1) is 19.8 Å². The fourth-order valence-corrected chi connectivity index (χ4v) is 3.02. The molecule has 1 fully saturated rings. The summed E-state index contributed by atoms with van der Waals surface area (Å²) in [6, 6.07) is 15.3. The predicted octanol–water partition coefficient (Wildman–Crippen LogP) is 3.07. The van der Waals surface area contributed by atoms with Crippen LogP contribution in [0.2, 0.25) is 0 Å². The van der Waals surface area contributed by atoms with E-state index in [-0.39, 0.29) is 12.1 Å². The third-order valence-electron chi connectivity index (χ3n) is 4.35. The summed E-state index contributed by atoms with van der Waals surface area (Å²) in [5.41, 5.74) is 1.03. The molecule has 2 amide bonds. The molecule has 6 nitrogen and oxygen atoms in total. The van der Waals surface area contributed by atoms with E-state index in [9.17, 15) is 4.79 Å². The molecule has 1 saturated heterocycles. The highest BCUT2D eigenvalue weighted by Crippen LogP contribution is 2.33. The van der Waals surface area contributed by atoms with E-state index in [2.05, 4.69) is 5.32 Å². The van der Waals surface area contributed by atoms with Crippen LogP contribution in [-0.2, 0) is 11.2 Å². The van der Waals surface area contributed by atoms with Crippen molar-refractivity contribution in [3.8, 4) is 17.2 Å². The second-order valence-electron chi connectivity index (χ2n) is 6.06. The lowest BCUT2D eigenvalue weighted by molar-refractivity contribution is -0.0132. The predicted molar refractivity (Wildman–Crippen MR) is 99.0 cm³/mol. The molecule has 1 aliphatic rings. The van der Waals surface area contributed by atoms with Crippen LogP contribution in [0.4, 0.5) is 4.79 Å². The maximum absolute atomic E-state index is 11.9. The number of benzene rings is 2. The molecular formula is C20H24N2O4. The molecule has 0 aromatic heterocycles. The number of amides is 2. The first-order valence-electron chi connectivity index (χ1n) is 8.68. The first-order chi connectivity index (χ1) is 12.7. The molecule has 26 heavy (non-hydrogen) atoms. The van der Waals surface area contributed by atoms with Crippen molar-refractivity contribution < 1.29 is 19.0 Å². The van der Waals surface area contributed by atoms with Crippen molar-refractivity contribution >= 4 is 6.03 Å². The van der Waals surface area contributed by atoms with Crippen LogP contribution in [0, 0.1) is 0 Å². The van der Waals surface area contributed by atoms with Crippen LogP contribution in [0.15, 0.2) is 48.5 Å². The van der Waals surface area contributed by atoms with Crippen molar-refractivity contribution in [2.24, 2.45) is 0 Å². The number of nitrogens with zero attached hydrogens (tertiary/aromatic N) is 1. The van der Waals surface area contributed by atoms with Gasteiger partial charge in [-0.1, -0.05) is 30.3 Å². The molecule has 1 N–H and O–H groups in total. The topological polar surface area (TPSA) is 60.0 Å². The summed E-state index contributed by atoms with van der Waals surface area (Å²) >= 11 is 0. The molecule has 3 rings (SSSR count). The summed E-state index contributed by atoms with van der Waals surface area (Å²) in [5, 5.41) is 2.67. The van der Waals surface area contributed by atoms with Crippen molar-refractivity contribution in [2.75, 3.05) is 33.9 Å². The molecule has 1 aliphatic heterocycles. The van der Waals surface area contributed by atoms with Gasteiger partial charge in [0.2, 0.25) is 0 Å². The second kappa shape index (κ2) is 8.58. The maximum atomic E-state index is 11.9. The Balaban J connectivity index is 1.74. The minimum Gasteiger partial charge on any atom is -0.493 e. The van der Waals surface area contributed by atoms with Gasteiger partial charge in [0, 0.05) is 26.6 Å². The highest BCUT2D eigenvalue weighted by Gasteiger charge is 2.24. The minimum atomic E-state index is -0.0724. The summed E-state index contributed by atoms with van der Waals surface area (Å²) in [6.07, 6.45) is 0.599. The van der Waals surface area contributed by atoms with E-state index in [1.54, 1.807) is 19.1 Å². The smallest absolute Gasteiger partial charge is 0.317 e. The fraction of sp³-hybridized carbons (Fsp3) is 0.350. The minimum absolute atomic E-state index is 0.0662. The number of carbonyl (C=O) groups is 1. The summed E-state index contributed by atoms with van der Waals surface area (Å²) in [4.78, 5) is 13.6. The van der Waals surface area contributed by atoms with Gasteiger partial charge < -0.3 is 24.4 Å². The number of morpholine rings is 1. The standard InChI is InChI=1S/C20H24N2O4/c1-21-20(23)22-11-12-25-16(14-22)13-15-7-3-4-8-17(15)26-19-10-6-5-9-18(19)24-2/h3-10,16H,11-14H2,1-2H3,(H,21,23). The van der Waals surface area contributed by atoms with Crippen molar-refractivity contribution in [1.82, 2.24) is 10.2 Å². The molecule has 0 saturated carbocycles. The molecule has 1 unspecified atom stereocenters. The highest BCUT2D eigenvalue weighted by atomic mass is 16.5. The lowest BCUT2D eigenvalue weighted by Gasteiger charge is -2.33. The lowest BCUT2D eigenvalue weighted by atomic mass is 10.1.